The van der Waals surface area contributed by atoms with Crippen LogP contribution in [0.3, 0.4) is 0 Å². The minimum absolute atomic E-state index is 0.146. The average Bonchev–Trinajstić information content (AvgIpc) is 3.10. The number of carboxylic acid groups (broad SMARTS) is 1. The summed E-state index contributed by atoms with van der Waals surface area (Å²) in [5.41, 5.74) is 0.0193. The molecule has 1 aromatic heterocycles. The highest BCUT2D eigenvalue weighted by atomic mass is 32.1. The largest absolute Gasteiger partial charge is 0.477 e. The zero-order valence-corrected chi connectivity index (χ0v) is 14.3. The number of hydrogen-bond donors (Lipinski definition) is 2. The number of hydrogen-bond acceptors (Lipinski definition) is 4. The standard InChI is InChI=1S/C18H18FNO4S/c19-13-3-1-12(2-4-13)18(7-9-24-10-8-18)17(23)20-11-14-5-6-15(25-14)16(21)22/h1-6H,7-11H2,(H,20,23)(H,21,22). The van der Waals surface area contributed by atoms with Gasteiger partial charge in [-0.15, -0.1) is 11.3 Å². The number of rotatable bonds is 5. The van der Waals surface area contributed by atoms with Gasteiger partial charge < -0.3 is 15.2 Å². The van der Waals surface area contributed by atoms with E-state index in [2.05, 4.69) is 5.32 Å². The van der Waals surface area contributed by atoms with E-state index in [1.54, 1.807) is 18.2 Å². The number of benzene rings is 1. The van der Waals surface area contributed by atoms with Crippen molar-refractivity contribution >= 4 is 23.2 Å². The third kappa shape index (κ3) is 3.72. The van der Waals surface area contributed by atoms with E-state index in [1.807, 2.05) is 0 Å². The molecule has 2 aromatic rings. The lowest BCUT2D eigenvalue weighted by atomic mass is 9.73. The molecule has 1 fully saturated rings. The van der Waals surface area contributed by atoms with Crippen molar-refractivity contribution in [3.63, 3.8) is 0 Å². The number of carbonyl (C=O) groups is 2. The van der Waals surface area contributed by atoms with Gasteiger partial charge in [0.05, 0.1) is 12.0 Å². The molecule has 0 saturated carbocycles. The molecule has 0 aliphatic carbocycles. The van der Waals surface area contributed by atoms with Crippen LogP contribution in [0, 0.1) is 5.82 Å². The lowest BCUT2D eigenvalue weighted by Gasteiger charge is -2.36. The van der Waals surface area contributed by atoms with Gasteiger partial charge in [-0.3, -0.25) is 4.79 Å². The van der Waals surface area contributed by atoms with Gasteiger partial charge in [0.1, 0.15) is 10.7 Å². The van der Waals surface area contributed by atoms with Gasteiger partial charge in [0.15, 0.2) is 0 Å². The number of ether oxygens (including phenoxy) is 1. The maximum atomic E-state index is 13.2. The fourth-order valence-electron chi connectivity index (χ4n) is 3.06. The molecule has 0 atom stereocenters. The smallest absolute Gasteiger partial charge is 0.345 e. The minimum Gasteiger partial charge on any atom is -0.477 e. The van der Waals surface area contributed by atoms with Crippen LogP contribution in [0.2, 0.25) is 0 Å². The SMILES string of the molecule is O=C(O)c1ccc(CNC(=O)C2(c3ccc(F)cc3)CCOCC2)s1. The summed E-state index contributed by atoms with van der Waals surface area (Å²) in [6.07, 6.45) is 1.05. The number of carbonyl (C=O) groups excluding carboxylic acids is 1. The van der Waals surface area contributed by atoms with Gasteiger partial charge in [0.25, 0.3) is 0 Å². The summed E-state index contributed by atoms with van der Waals surface area (Å²) in [7, 11) is 0. The van der Waals surface area contributed by atoms with Gasteiger partial charge in [-0.05, 0) is 42.7 Å². The van der Waals surface area contributed by atoms with Crippen LogP contribution in [-0.4, -0.2) is 30.2 Å². The van der Waals surface area contributed by atoms with Crippen LogP contribution >= 0.6 is 11.3 Å². The molecule has 2 N–H and O–H groups in total. The maximum Gasteiger partial charge on any atom is 0.345 e. The molecular weight excluding hydrogens is 345 g/mol. The molecule has 25 heavy (non-hydrogen) atoms. The summed E-state index contributed by atoms with van der Waals surface area (Å²) < 4.78 is 18.6. The fourth-order valence-corrected chi connectivity index (χ4v) is 3.85. The first kappa shape index (κ1) is 17.6. The number of nitrogens with one attached hydrogen (secondary N) is 1. The maximum absolute atomic E-state index is 13.2. The van der Waals surface area contributed by atoms with E-state index in [-0.39, 0.29) is 23.1 Å². The van der Waals surface area contributed by atoms with E-state index in [4.69, 9.17) is 9.84 Å². The molecule has 1 aliphatic rings. The zero-order chi connectivity index (χ0) is 17.9. The first-order chi connectivity index (χ1) is 12.0. The van der Waals surface area contributed by atoms with Gasteiger partial charge in [0.2, 0.25) is 5.91 Å². The van der Waals surface area contributed by atoms with Crippen molar-refractivity contribution in [1.82, 2.24) is 5.32 Å². The molecule has 0 bridgehead atoms. The van der Waals surface area contributed by atoms with E-state index in [9.17, 15) is 14.0 Å². The Morgan fingerprint density at radius 2 is 1.84 bits per heavy atom. The number of amides is 1. The van der Waals surface area contributed by atoms with Crippen molar-refractivity contribution in [1.29, 1.82) is 0 Å². The molecule has 132 valence electrons. The van der Waals surface area contributed by atoms with Gasteiger partial charge in [-0.25, -0.2) is 9.18 Å². The number of carboxylic acids is 1. The molecular formula is C18H18FNO4S. The topological polar surface area (TPSA) is 75.6 Å². The van der Waals surface area contributed by atoms with Gasteiger partial charge in [-0.2, -0.15) is 0 Å². The second-order valence-corrected chi connectivity index (χ2v) is 7.12. The molecule has 7 heteroatoms. The Bertz CT molecular complexity index is 766. The molecule has 1 aromatic carbocycles. The predicted molar refractivity (Wildman–Crippen MR) is 91.3 cm³/mol. The van der Waals surface area contributed by atoms with Crippen molar-refractivity contribution in [2.24, 2.45) is 0 Å². The van der Waals surface area contributed by atoms with Crippen molar-refractivity contribution in [3.05, 3.63) is 57.5 Å². The molecule has 0 radical (unpaired) electrons. The van der Waals surface area contributed by atoms with Crippen molar-refractivity contribution < 1.29 is 23.8 Å². The highest BCUT2D eigenvalue weighted by molar-refractivity contribution is 7.13. The Morgan fingerprint density at radius 1 is 1.16 bits per heavy atom. The Labute approximate surface area is 148 Å². The summed E-state index contributed by atoms with van der Waals surface area (Å²) in [4.78, 5) is 24.9. The molecule has 1 amide bonds. The lowest BCUT2D eigenvalue weighted by molar-refractivity contribution is -0.130. The fraction of sp³-hybridized carbons (Fsp3) is 0.333. The minimum atomic E-state index is -0.977. The van der Waals surface area contributed by atoms with Crippen molar-refractivity contribution in [2.45, 2.75) is 24.8 Å². The second-order valence-electron chi connectivity index (χ2n) is 5.96. The normalized spacial score (nSPS) is 16.4. The molecule has 1 saturated heterocycles. The van der Waals surface area contributed by atoms with Crippen LogP contribution < -0.4 is 5.32 Å². The second kappa shape index (κ2) is 7.33. The lowest BCUT2D eigenvalue weighted by Crippen LogP contribution is -2.47. The number of aromatic carboxylic acids is 1. The van der Waals surface area contributed by atoms with Crippen molar-refractivity contribution in [3.8, 4) is 0 Å². The molecule has 0 unspecified atom stereocenters. The average molecular weight is 363 g/mol. The third-order valence-electron chi connectivity index (χ3n) is 4.47. The van der Waals surface area contributed by atoms with Crippen LogP contribution in [0.4, 0.5) is 4.39 Å². The summed E-state index contributed by atoms with van der Waals surface area (Å²) in [6, 6.07) is 9.24. The molecule has 1 aliphatic heterocycles. The number of halogens is 1. The van der Waals surface area contributed by atoms with Gasteiger partial charge in [0, 0.05) is 18.1 Å². The Balaban J connectivity index is 1.77. The molecule has 2 heterocycles. The highest BCUT2D eigenvalue weighted by Gasteiger charge is 2.41. The quantitative estimate of drug-likeness (QED) is 0.856. The zero-order valence-electron chi connectivity index (χ0n) is 13.5. The van der Waals surface area contributed by atoms with Crippen LogP contribution in [0.1, 0.15) is 33.0 Å². The summed E-state index contributed by atoms with van der Waals surface area (Å²) in [5.74, 6) is -1.46. The molecule has 5 nitrogen and oxygen atoms in total. The molecule has 3 rings (SSSR count). The van der Waals surface area contributed by atoms with E-state index in [1.165, 1.54) is 18.2 Å². The summed E-state index contributed by atoms with van der Waals surface area (Å²) in [6.45, 7) is 1.19. The Morgan fingerprint density at radius 3 is 2.44 bits per heavy atom. The van der Waals surface area contributed by atoms with Crippen LogP contribution in [-0.2, 0) is 21.5 Å². The first-order valence-corrected chi connectivity index (χ1v) is 8.77. The van der Waals surface area contributed by atoms with Crippen LogP contribution in [0.15, 0.2) is 36.4 Å². The van der Waals surface area contributed by atoms with Gasteiger partial charge >= 0.3 is 5.97 Å². The Kier molecular flexibility index (Phi) is 5.15. The van der Waals surface area contributed by atoms with Crippen LogP contribution in [0.5, 0.6) is 0 Å². The highest BCUT2D eigenvalue weighted by Crippen LogP contribution is 2.35. The predicted octanol–water partition coefficient (Wildman–Crippen LogP) is 2.95. The van der Waals surface area contributed by atoms with E-state index >= 15 is 0 Å². The van der Waals surface area contributed by atoms with Crippen LogP contribution in [0.25, 0.3) is 0 Å². The van der Waals surface area contributed by atoms with E-state index in [0.29, 0.717) is 26.1 Å². The van der Waals surface area contributed by atoms with Crippen molar-refractivity contribution in [2.75, 3.05) is 13.2 Å². The Hall–Kier alpha value is -2.25. The van der Waals surface area contributed by atoms with E-state index < -0.39 is 11.4 Å². The number of thiophene rings is 1. The summed E-state index contributed by atoms with van der Waals surface area (Å²) in [5, 5.41) is 11.9. The van der Waals surface area contributed by atoms with E-state index in [0.717, 1.165) is 21.8 Å². The third-order valence-corrected chi connectivity index (χ3v) is 5.55. The monoisotopic (exact) mass is 363 g/mol. The first-order valence-electron chi connectivity index (χ1n) is 7.95. The van der Waals surface area contributed by atoms with Gasteiger partial charge in [-0.1, -0.05) is 12.1 Å². The summed E-state index contributed by atoms with van der Waals surface area (Å²) >= 11 is 1.14. The molecule has 0 spiro atoms.